The molecule has 0 aliphatic carbocycles. The lowest BCUT2D eigenvalue weighted by Gasteiger charge is -2.23. The molecule has 0 atom stereocenters. The summed E-state index contributed by atoms with van der Waals surface area (Å²) in [7, 11) is 7.80. The number of rotatable bonds is 5. The fourth-order valence-corrected chi connectivity index (χ4v) is 2.02. The second-order valence-corrected chi connectivity index (χ2v) is 6.10. The molecular formula is C18H23N2O3+. The average Bonchev–Trinajstić information content (AvgIpc) is 2.53. The van der Waals surface area contributed by atoms with E-state index in [-0.39, 0.29) is 0 Å². The number of benzene rings is 2. The fraction of sp³-hybridized carbons (Fsp3) is 0.278. The second-order valence-electron chi connectivity index (χ2n) is 6.10. The zero-order valence-electron chi connectivity index (χ0n) is 14.0. The maximum absolute atomic E-state index is 11.9. The van der Waals surface area contributed by atoms with E-state index >= 15 is 0 Å². The fourth-order valence-electron chi connectivity index (χ4n) is 2.02. The number of hydrogen-bond acceptors (Lipinski definition) is 3. The van der Waals surface area contributed by atoms with E-state index in [2.05, 4.69) is 26.5 Å². The van der Waals surface area contributed by atoms with Crippen LogP contribution in [0.2, 0.25) is 0 Å². The number of carbonyl (C=O) groups excluding carboxylic acids is 1. The van der Waals surface area contributed by atoms with Crippen LogP contribution in [0.15, 0.2) is 48.5 Å². The van der Waals surface area contributed by atoms with Crippen molar-refractivity contribution in [2.75, 3.05) is 28.3 Å². The highest BCUT2D eigenvalue weighted by atomic mass is 16.6. The average molecular weight is 315 g/mol. The number of carbonyl (C=O) groups is 1. The van der Waals surface area contributed by atoms with Gasteiger partial charge < -0.3 is 14.8 Å². The van der Waals surface area contributed by atoms with Gasteiger partial charge in [0, 0.05) is 12.6 Å². The van der Waals surface area contributed by atoms with Gasteiger partial charge in [0.05, 0.1) is 28.3 Å². The van der Waals surface area contributed by atoms with E-state index in [1.165, 1.54) is 0 Å². The molecule has 0 bridgehead atoms. The number of methoxy groups -OCH3 is 1. The highest BCUT2D eigenvalue weighted by molar-refractivity contribution is 5.70. The monoisotopic (exact) mass is 315 g/mol. The van der Waals surface area contributed by atoms with Gasteiger partial charge in [0.1, 0.15) is 17.2 Å². The molecule has 1 amide bonds. The van der Waals surface area contributed by atoms with Crippen LogP contribution in [0.25, 0.3) is 0 Å². The topological polar surface area (TPSA) is 47.6 Å². The molecule has 0 spiro atoms. The van der Waals surface area contributed by atoms with E-state index in [0.717, 1.165) is 17.0 Å². The molecule has 5 nitrogen and oxygen atoms in total. The zero-order valence-corrected chi connectivity index (χ0v) is 14.0. The van der Waals surface area contributed by atoms with Crippen molar-refractivity contribution in [1.82, 2.24) is 9.80 Å². The lowest BCUT2D eigenvalue weighted by molar-refractivity contribution is 0.200. The van der Waals surface area contributed by atoms with E-state index in [9.17, 15) is 4.79 Å². The van der Waals surface area contributed by atoms with E-state index in [1.807, 2.05) is 42.5 Å². The number of nitrogens with zero attached hydrogens (tertiary/aromatic N) is 1. The van der Waals surface area contributed by atoms with E-state index in [4.69, 9.17) is 9.47 Å². The largest absolute Gasteiger partial charge is 0.497 e. The van der Waals surface area contributed by atoms with Gasteiger partial charge in [-0.15, -0.1) is 0 Å². The molecule has 2 aromatic rings. The van der Waals surface area contributed by atoms with Crippen molar-refractivity contribution in [3.8, 4) is 11.5 Å². The minimum Gasteiger partial charge on any atom is -0.497 e. The van der Waals surface area contributed by atoms with Gasteiger partial charge in [-0.1, -0.05) is 18.2 Å². The first-order valence-electron chi connectivity index (χ1n) is 7.39. The Labute approximate surface area is 137 Å². The van der Waals surface area contributed by atoms with Crippen molar-refractivity contribution in [3.63, 3.8) is 0 Å². The van der Waals surface area contributed by atoms with Crippen molar-refractivity contribution in [2.45, 2.75) is 6.54 Å². The van der Waals surface area contributed by atoms with Crippen molar-refractivity contribution >= 4 is 11.8 Å². The normalized spacial score (nSPS) is 11.0. The van der Waals surface area contributed by atoms with Gasteiger partial charge in [0.15, 0.2) is 0 Å². The third kappa shape index (κ3) is 5.00. The molecule has 0 heterocycles. The predicted octanol–water partition coefficient (Wildman–Crippen LogP) is 3.18. The van der Waals surface area contributed by atoms with Gasteiger partial charge in [0.25, 0.3) is 0 Å². The summed E-state index contributed by atoms with van der Waals surface area (Å²) in [6, 6.07) is 15.0. The van der Waals surface area contributed by atoms with Crippen LogP contribution in [0.5, 0.6) is 11.5 Å². The Bertz CT molecular complexity index is 661. The molecule has 2 rings (SSSR count). The lowest BCUT2D eigenvalue weighted by atomic mass is 10.2. The van der Waals surface area contributed by atoms with Crippen LogP contribution < -0.4 is 19.3 Å². The van der Waals surface area contributed by atoms with E-state index < -0.39 is 6.09 Å². The van der Waals surface area contributed by atoms with Crippen LogP contribution in [0.1, 0.15) is 5.56 Å². The van der Waals surface area contributed by atoms with E-state index in [1.54, 1.807) is 13.2 Å². The van der Waals surface area contributed by atoms with Crippen LogP contribution in [-0.4, -0.2) is 34.3 Å². The molecule has 0 saturated heterocycles. The van der Waals surface area contributed by atoms with Crippen molar-refractivity contribution in [2.24, 2.45) is 0 Å². The Morgan fingerprint density at radius 2 is 1.74 bits per heavy atom. The highest BCUT2D eigenvalue weighted by Gasteiger charge is 2.13. The van der Waals surface area contributed by atoms with Crippen LogP contribution in [-0.2, 0) is 6.54 Å². The lowest BCUT2D eigenvalue weighted by Crippen LogP contribution is -2.34. The summed E-state index contributed by atoms with van der Waals surface area (Å²) < 4.78 is 11.1. The number of amides is 1. The third-order valence-electron chi connectivity index (χ3n) is 3.40. The van der Waals surface area contributed by atoms with Gasteiger partial charge in [-0.25, -0.2) is 4.79 Å². The SMILES string of the molecule is COc1ccc(CNC(=O)Oc2cccc([N+](C)(C)C)c2)cc1. The molecule has 2 aromatic carbocycles. The van der Waals surface area contributed by atoms with Gasteiger partial charge in [-0.05, 0) is 29.8 Å². The second kappa shape index (κ2) is 7.15. The highest BCUT2D eigenvalue weighted by Crippen LogP contribution is 2.22. The summed E-state index contributed by atoms with van der Waals surface area (Å²) >= 11 is 0. The summed E-state index contributed by atoms with van der Waals surface area (Å²) in [6.45, 7) is 0.401. The number of quaternary nitrogens is 1. The van der Waals surface area contributed by atoms with Gasteiger partial charge in [-0.2, -0.15) is 0 Å². The smallest absolute Gasteiger partial charge is 0.412 e. The van der Waals surface area contributed by atoms with Gasteiger partial charge in [-0.3, -0.25) is 4.48 Å². The quantitative estimate of drug-likeness (QED) is 0.862. The van der Waals surface area contributed by atoms with Crippen molar-refractivity contribution in [1.29, 1.82) is 0 Å². The first-order valence-corrected chi connectivity index (χ1v) is 7.39. The Hall–Kier alpha value is -2.53. The van der Waals surface area contributed by atoms with Crippen LogP contribution in [0.4, 0.5) is 10.5 Å². The molecule has 0 unspecified atom stereocenters. The number of ether oxygens (including phenoxy) is 2. The van der Waals surface area contributed by atoms with Crippen molar-refractivity contribution < 1.29 is 14.3 Å². The molecule has 0 aliphatic heterocycles. The predicted molar refractivity (Wildman–Crippen MR) is 91.9 cm³/mol. The standard InChI is InChI=1S/C18H22N2O3/c1-20(2,3)15-6-5-7-17(12-15)23-18(21)19-13-14-8-10-16(22-4)11-9-14/h5-12H,13H2,1-4H3/p+1. The summed E-state index contributed by atoms with van der Waals surface area (Å²) in [4.78, 5) is 11.9. The van der Waals surface area contributed by atoms with Gasteiger partial charge in [0.2, 0.25) is 0 Å². The van der Waals surface area contributed by atoms with Crippen LogP contribution >= 0.6 is 0 Å². The number of nitrogens with one attached hydrogen (secondary N) is 1. The Balaban J connectivity index is 1.91. The van der Waals surface area contributed by atoms with E-state index in [0.29, 0.717) is 16.8 Å². The molecule has 0 radical (unpaired) electrons. The molecule has 0 saturated carbocycles. The molecule has 23 heavy (non-hydrogen) atoms. The molecule has 122 valence electrons. The van der Waals surface area contributed by atoms with Crippen LogP contribution in [0, 0.1) is 0 Å². The summed E-state index contributed by atoms with van der Waals surface area (Å²) in [5.41, 5.74) is 2.04. The Kier molecular flexibility index (Phi) is 5.24. The maximum Gasteiger partial charge on any atom is 0.412 e. The van der Waals surface area contributed by atoms with Gasteiger partial charge >= 0.3 is 6.09 Å². The number of hydrogen-bond donors (Lipinski definition) is 1. The molecule has 0 aliphatic rings. The molecule has 0 aromatic heterocycles. The Morgan fingerprint density at radius 1 is 1.04 bits per heavy atom. The van der Waals surface area contributed by atoms with Crippen LogP contribution in [0.3, 0.4) is 0 Å². The molecule has 0 fully saturated rings. The van der Waals surface area contributed by atoms with Crippen molar-refractivity contribution in [3.05, 3.63) is 54.1 Å². The first kappa shape index (κ1) is 16.8. The maximum atomic E-state index is 11.9. The Morgan fingerprint density at radius 3 is 2.35 bits per heavy atom. The third-order valence-corrected chi connectivity index (χ3v) is 3.40. The zero-order chi connectivity index (χ0) is 16.9. The minimum atomic E-state index is -0.473. The summed E-state index contributed by atoms with van der Waals surface area (Å²) in [6.07, 6.45) is -0.473. The summed E-state index contributed by atoms with van der Waals surface area (Å²) in [5, 5.41) is 2.74. The molecule has 1 N–H and O–H groups in total. The first-order chi connectivity index (χ1) is 10.9. The summed E-state index contributed by atoms with van der Waals surface area (Å²) in [5.74, 6) is 1.32. The minimum absolute atomic E-state index is 0.401. The molecule has 5 heteroatoms. The molecular weight excluding hydrogens is 292 g/mol.